The van der Waals surface area contributed by atoms with Crippen LogP contribution in [-0.4, -0.2) is 25.2 Å². The molecule has 5 heteroatoms. The lowest BCUT2D eigenvalue weighted by Gasteiger charge is -2.13. The van der Waals surface area contributed by atoms with Gasteiger partial charge in [0.25, 0.3) is 0 Å². The Hall–Kier alpha value is 0.790. The monoisotopic (exact) mass is 244 g/mol. The van der Waals surface area contributed by atoms with E-state index in [1.165, 1.54) is 0 Å². The van der Waals surface area contributed by atoms with Crippen LogP contribution in [0.25, 0.3) is 0 Å². The lowest BCUT2D eigenvalue weighted by atomic mass is 10.9. The molecule has 0 bridgehead atoms. The molecule has 0 rings (SSSR count). The molecular weight excluding hydrogens is 231 g/mol. The molecule has 0 aliphatic heterocycles. The Kier molecular flexibility index (Phi) is 9.52. The standard InChI is InChI=1S/C6H14BrO3P/c1-3-8-11(9-4-2)10-6-5-7/h3-6H2,1-2H3. The van der Waals surface area contributed by atoms with Crippen molar-refractivity contribution in [3.05, 3.63) is 0 Å². The zero-order chi connectivity index (χ0) is 8.53. The highest BCUT2D eigenvalue weighted by Crippen LogP contribution is 2.38. The molecule has 0 aromatic carbocycles. The van der Waals surface area contributed by atoms with E-state index in [2.05, 4.69) is 15.9 Å². The molecule has 68 valence electrons. The third kappa shape index (κ3) is 7.16. The predicted molar refractivity (Wildman–Crippen MR) is 49.9 cm³/mol. The highest BCUT2D eigenvalue weighted by Gasteiger charge is 2.08. The van der Waals surface area contributed by atoms with Crippen LogP contribution in [0.2, 0.25) is 0 Å². The molecule has 11 heavy (non-hydrogen) atoms. The van der Waals surface area contributed by atoms with Gasteiger partial charge in [0.15, 0.2) is 0 Å². The molecule has 0 unspecified atom stereocenters. The molecule has 0 N–H and O–H groups in total. The first-order valence-corrected chi connectivity index (χ1v) is 5.81. The van der Waals surface area contributed by atoms with Gasteiger partial charge in [0.1, 0.15) is 0 Å². The van der Waals surface area contributed by atoms with Gasteiger partial charge in [-0.3, -0.25) is 0 Å². The van der Waals surface area contributed by atoms with Crippen molar-refractivity contribution in [3.63, 3.8) is 0 Å². The first-order chi connectivity index (χ1) is 5.35. The fraction of sp³-hybridized carbons (Fsp3) is 1.00. The van der Waals surface area contributed by atoms with E-state index in [-0.39, 0.29) is 0 Å². The lowest BCUT2D eigenvalue weighted by molar-refractivity contribution is 0.177. The maximum Gasteiger partial charge on any atom is 0.332 e. The van der Waals surface area contributed by atoms with Crippen molar-refractivity contribution in [1.82, 2.24) is 0 Å². The molecule has 0 aliphatic rings. The minimum absolute atomic E-state index is 0.631. The first-order valence-electron chi connectivity index (χ1n) is 3.60. The van der Waals surface area contributed by atoms with Crippen molar-refractivity contribution >= 4 is 24.5 Å². The molecule has 0 aliphatic carbocycles. The highest BCUT2D eigenvalue weighted by molar-refractivity contribution is 9.09. The molecule has 3 nitrogen and oxygen atoms in total. The molecule has 0 spiro atoms. The summed E-state index contributed by atoms with van der Waals surface area (Å²) in [5.74, 6) is 0. The fourth-order valence-electron chi connectivity index (χ4n) is 0.432. The molecule has 0 radical (unpaired) electrons. The predicted octanol–water partition coefficient (Wildman–Crippen LogP) is 2.70. The first kappa shape index (κ1) is 11.8. The topological polar surface area (TPSA) is 27.7 Å². The van der Waals surface area contributed by atoms with Gasteiger partial charge in [-0.15, -0.1) is 0 Å². The van der Waals surface area contributed by atoms with Crippen LogP contribution in [0.3, 0.4) is 0 Å². The maximum absolute atomic E-state index is 5.25. The van der Waals surface area contributed by atoms with Crippen LogP contribution in [0.1, 0.15) is 13.8 Å². The molecule has 0 amide bonds. The molecule has 0 aromatic heterocycles. The van der Waals surface area contributed by atoms with E-state index in [4.69, 9.17) is 13.6 Å². The summed E-state index contributed by atoms with van der Waals surface area (Å²) in [4.78, 5) is 0. The van der Waals surface area contributed by atoms with Crippen molar-refractivity contribution in [3.8, 4) is 0 Å². The summed E-state index contributed by atoms with van der Waals surface area (Å²) in [6, 6.07) is 0. The SMILES string of the molecule is CCOP(OCC)OCCBr. The normalized spacial score (nSPS) is 10.9. The number of hydrogen-bond donors (Lipinski definition) is 0. The van der Waals surface area contributed by atoms with Crippen LogP contribution in [-0.2, 0) is 13.6 Å². The molecular formula is C6H14BrO3P. The van der Waals surface area contributed by atoms with Crippen molar-refractivity contribution in [2.24, 2.45) is 0 Å². The summed E-state index contributed by atoms with van der Waals surface area (Å²) in [5.41, 5.74) is 0. The van der Waals surface area contributed by atoms with E-state index in [1.54, 1.807) is 0 Å². The van der Waals surface area contributed by atoms with Gasteiger partial charge in [-0.25, -0.2) is 0 Å². The van der Waals surface area contributed by atoms with Gasteiger partial charge in [0.05, 0.1) is 19.8 Å². The number of hydrogen-bond acceptors (Lipinski definition) is 3. The average molecular weight is 245 g/mol. The van der Waals surface area contributed by atoms with E-state index >= 15 is 0 Å². The van der Waals surface area contributed by atoms with Crippen molar-refractivity contribution in [2.45, 2.75) is 13.8 Å². The molecule has 0 fully saturated rings. The van der Waals surface area contributed by atoms with Crippen molar-refractivity contribution < 1.29 is 13.6 Å². The third-order valence-electron chi connectivity index (χ3n) is 0.743. The van der Waals surface area contributed by atoms with Crippen molar-refractivity contribution in [2.75, 3.05) is 25.2 Å². The summed E-state index contributed by atoms with van der Waals surface area (Å²) < 4.78 is 15.6. The Morgan fingerprint density at radius 3 is 2.00 bits per heavy atom. The maximum atomic E-state index is 5.25. The molecule has 0 saturated heterocycles. The van der Waals surface area contributed by atoms with Gasteiger partial charge in [-0.2, -0.15) is 0 Å². The van der Waals surface area contributed by atoms with E-state index < -0.39 is 8.60 Å². The van der Waals surface area contributed by atoms with Gasteiger partial charge in [-0.1, -0.05) is 15.9 Å². The summed E-state index contributed by atoms with van der Waals surface area (Å²) >= 11 is 3.25. The van der Waals surface area contributed by atoms with E-state index in [9.17, 15) is 0 Å². The van der Waals surface area contributed by atoms with E-state index in [0.717, 1.165) is 5.33 Å². The third-order valence-corrected chi connectivity index (χ3v) is 2.40. The van der Waals surface area contributed by atoms with E-state index in [0.29, 0.717) is 19.8 Å². The molecule has 0 aromatic rings. The number of rotatable bonds is 7. The second kappa shape index (κ2) is 8.88. The average Bonchev–Trinajstić information content (AvgIpc) is 2.01. The number of alkyl halides is 1. The van der Waals surface area contributed by atoms with Crippen LogP contribution in [0, 0.1) is 0 Å². The second-order valence-corrected chi connectivity index (χ2v) is 3.60. The zero-order valence-electron chi connectivity index (χ0n) is 6.88. The number of halogens is 1. The molecule has 0 heterocycles. The Morgan fingerprint density at radius 2 is 1.64 bits per heavy atom. The smallest absolute Gasteiger partial charge is 0.313 e. The highest BCUT2D eigenvalue weighted by atomic mass is 79.9. The lowest BCUT2D eigenvalue weighted by Crippen LogP contribution is -1.97. The van der Waals surface area contributed by atoms with Crippen LogP contribution < -0.4 is 0 Å². The van der Waals surface area contributed by atoms with Crippen LogP contribution in [0.15, 0.2) is 0 Å². The summed E-state index contributed by atoms with van der Waals surface area (Å²) in [5, 5.41) is 0.811. The van der Waals surface area contributed by atoms with Crippen LogP contribution in [0.4, 0.5) is 0 Å². The van der Waals surface area contributed by atoms with Gasteiger partial charge in [0, 0.05) is 5.33 Å². The summed E-state index contributed by atoms with van der Waals surface area (Å²) in [6.07, 6.45) is 0. The largest absolute Gasteiger partial charge is 0.332 e. The van der Waals surface area contributed by atoms with Crippen LogP contribution >= 0.6 is 24.5 Å². The zero-order valence-corrected chi connectivity index (χ0v) is 9.36. The Labute approximate surface area is 77.5 Å². The summed E-state index contributed by atoms with van der Waals surface area (Å²) in [6.45, 7) is 5.74. The van der Waals surface area contributed by atoms with Crippen molar-refractivity contribution in [1.29, 1.82) is 0 Å². The minimum atomic E-state index is -1.10. The Bertz CT molecular complexity index is 78.2. The fourth-order valence-corrected chi connectivity index (χ4v) is 1.73. The van der Waals surface area contributed by atoms with E-state index in [1.807, 2.05) is 13.8 Å². The van der Waals surface area contributed by atoms with Gasteiger partial charge < -0.3 is 13.6 Å². The summed E-state index contributed by atoms with van der Waals surface area (Å²) in [7, 11) is -1.10. The van der Waals surface area contributed by atoms with Gasteiger partial charge in [0.2, 0.25) is 0 Å². The Morgan fingerprint density at radius 1 is 1.09 bits per heavy atom. The minimum Gasteiger partial charge on any atom is -0.313 e. The van der Waals surface area contributed by atoms with Crippen LogP contribution in [0.5, 0.6) is 0 Å². The quantitative estimate of drug-likeness (QED) is 0.509. The second-order valence-electron chi connectivity index (χ2n) is 1.58. The van der Waals surface area contributed by atoms with Gasteiger partial charge in [-0.05, 0) is 13.8 Å². The van der Waals surface area contributed by atoms with Gasteiger partial charge >= 0.3 is 8.60 Å². The molecule has 0 saturated carbocycles. The molecule has 0 atom stereocenters. The Balaban J connectivity index is 3.34.